The van der Waals surface area contributed by atoms with E-state index in [1.165, 1.54) is 0 Å². The summed E-state index contributed by atoms with van der Waals surface area (Å²) in [5.74, 6) is 0.265. The van der Waals surface area contributed by atoms with E-state index in [0.29, 0.717) is 12.1 Å². The zero-order valence-electron chi connectivity index (χ0n) is 13.6. The van der Waals surface area contributed by atoms with Gasteiger partial charge in [0, 0.05) is 18.8 Å². The Morgan fingerprint density at radius 3 is 2.50 bits per heavy atom. The number of rotatable bonds is 6. The van der Waals surface area contributed by atoms with E-state index in [2.05, 4.69) is 5.10 Å². The first kappa shape index (κ1) is 17.0. The zero-order chi connectivity index (χ0) is 16.3. The maximum absolute atomic E-state index is 12.6. The van der Waals surface area contributed by atoms with Gasteiger partial charge in [0.05, 0.1) is 17.5 Å². The van der Waals surface area contributed by atoms with E-state index in [1.807, 2.05) is 25.7 Å². The van der Waals surface area contributed by atoms with Crippen molar-refractivity contribution in [1.82, 2.24) is 14.7 Å². The van der Waals surface area contributed by atoms with Crippen molar-refractivity contribution in [3.05, 3.63) is 17.5 Å². The number of hydrogen-bond acceptors (Lipinski definition) is 4. The molecule has 2 heterocycles. The Hall–Kier alpha value is -1.37. The average Bonchev–Trinajstić information content (AvgIpc) is 3.00. The highest BCUT2D eigenvalue weighted by molar-refractivity contribution is 7.91. The van der Waals surface area contributed by atoms with Crippen LogP contribution >= 0.6 is 0 Å². The standard InChI is InChI=1S/C15H25N3O3S/c1-4-7-17(8-5-2)15(19)14-10-12(3)18(16-14)13-6-9-22(20,21)11-13/h10,13H,4-9,11H2,1-3H3. The number of aromatic nitrogens is 2. The highest BCUT2D eigenvalue weighted by atomic mass is 32.2. The molecule has 6 nitrogen and oxygen atoms in total. The van der Waals surface area contributed by atoms with Crippen LogP contribution in [0.4, 0.5) is 0 Å². The Morgan fingerprint density at radius 1 is 1.36 bits per heavy atom. The molecule has 0 spiro atoms. The van der Waals surface area contributed by atoms with Crippen molar-refractivity contribution in [2.45, 2.75) is 46.1 Å². The van der Waals surface area contributed by atoms with Crippen molar-refractivity contribution in [2.24, 2.45) is 0 Å². The van der Waals surface area contributed by atoms with Crippen LogP contribution in [0.25, 0.3) is 0 Å². The molecule has 0 aliphatic carbocycles. The number of amides is 1. The number of sulfone groups is 1. The number of carbonyl (C=O) groups excluding carboxylic acids is 1. The van der Waals surface area contributed by atoms with Gasteiger partial charge in [-0.15, -0.1) is 0 Å². The highest BCUT2D eigenvalue weighted by Gasteiger charge is 2.31. The fraction of sp³-hybridized carbons (Fsp3) is 0.733. The van der Waals surface area contributed by atoms with Crippen LogP contribution in [0.5, 0.6) is 0 Å². The number of hydrogen-bond donors (Lipinski definition) is 0. The van der Waals surface area contributed by atoms with Gasteiger partial charge in [0.15, 0.2) is 15.5 Å². The van der Waals surface area contributed by atoms with Gasteiger partial charge in [0.1, 0.15) is 0 Å². The van der Waals surface area contributed by atoms with Crippen LogP contribution in [0.15, 0.2) is 6.07 Å². The maximum atomic E-state index is 12.6. The third-order valence-corrected chi connectivity index (χ3v) is 5.72. The molecule has 1 unspecified atom stereocenters. The molecule has 0 aromatic carbocycles. The summed E-state index contributed by atoms with van der Waals surface area (Å²) in [4.78, 5) is 14.4. The van der Waals surface area contributed by atoms with Crippen LogP contribution in [-0.4, -0.2) is 53.6 Å². The lowest BCUT2D eigenvalue weighted by atomic mass is 10.2. The van der Waals surface area contributed by atoms with E-state index < -0.39 is 9.84 Å². The predicted octanol–water partition coefficient (Wildman–Crippen LogP) is 1.81. The Balaban J connectivity index is 2.20. The molecule has 1 atom stereocenters. The van der Waals surface area contributed by atoms with Crippen LogP contribution in [-0.2, 0) is 9.84 Å². The Morgan fingerprint density at radius 2 is 2.00 bits per heavy atom. The molecular weight excluding hydrogens is 302 g/mol. The first-order valence-electron chi connectivity index (χ1n) is 7.93. The first-order chi connectivity index (χ1) is 10.4. The second-order valence-electron chi connectivity index (χ2n) is 5.96. The van der Waals surface area contributed by atoms with E-state index in [-0.39, 0.29) is 23.5 Å². The Labute approximate surface area is 132 Å². The minimum atomic E-state index is -2.96. The summed E-state index contributed by atoms with van der Waals surface area (Å²) in [5.41, 5.74) is 1.27. The normalized spacial score (nSPS) is 20.2. The quantitative estimate of drug-likeness (QED) is 0.799. The number of nitrogens with zero attached hydrogens (tertiary/aromatic N) is 3. The fourth-order valence-electron chi connectivity index (χ4n) is 2.95. The van der Waals surface area contributed by atoms with Crippen molar-refractivity contribution in [3.63, 3.8) is 0 Å². The summed E-state index contributed by atoms with van der Waals surface area (Å²) in [5, 5.41) is 4.40. The monoisotopic (exact) mass is 327 g/mol. The molecule has 0 saturated carbocycles. The summed E-state index contributed by atoms with van der Waals surface area (Å²) in [6.07, 6.45) is 2.39. The molecule has 124 valence electrons. The average molecular weight is 327 g/mol. The van der Waals surface area contributed by atoms with Gasteiger partial charge in [-0.2, -0.15) is 5.10 Å². The molecule has 1 aromatic heterocycles. The number of aryl methyl sites for hydroxylation is 1. The number of carbonyl (C=O) groups is 1. The van der Waals surface area contributed by atoms with Crippen LogP contribution < -0.4 is 0 Å². The lowest BCUT2D eigenvalue weighted by molar-refractivity contribution is 0.0748. The topological polar surface area (TPSA) is 72.3 Å². The fourth-order valence-corrected chi connectivity index (χ4v) is 4.64. The van der Waals surface area contributed by atoms with E-state index in [0.717, 1.165) is 31.6 Å². The maximum Gasteiger partial charge on any atom is 0.274 e. The summed E-state index contributed by atoms with van der Waals surface area (Å²) in [6, 6.07) is 1.63. The molecule has 7 heteroatoms. The molecule has 22 heavy (non-hydrogen) atoms. The van der Waals surface area contributed by atoms with Crippen LogP contribution in [0.3, 0.4) is 0 Å². The molecule has 1 aliphatic rings. The molecule has 1 fully saturated rings. The minimum Gasteiger partial charge on any atom is -0.337 e. The van der Waals surface area contributed by atoms with Crippen LogP contribution in [0.2, 0.25) is 0 Å². The molecular formula is C15H25N3O3S. The third kappa shape index (κ3) is 3.69. The van der Waals surface area contributed by atoms with Crippen molar-refractivity contribution >= 4 is 15.7 Å². The molecule has 1 amide bonds. The molecule has 1 aromatic rings. The summed E-state index contributed by atoms with van der Waals surface area (Å²) in [6.45, 7) is 7.40. The van der Waals surface area contributed by atoms with E-state index in [4.69, 9.17) is 0 Å². The van der Waals surface area contributed by atoms with Gasteiger partial charge in [-0.1, -0.05) is 13.8 Å². The third-order valence-electron chi connectivity index (χ3n) is 3.97. The molecule has 0 N–H and O–H groups in total. The SMILES string of the molecule is CCCN(CCC)C(=O)c1cc(C)n(C2CCS(=O)(=O)C2)n1. The van der Waals surface area contributed by atoms with Crippen molar-refractivity contribution in [2.75, 3.05) is 24.6 Å². The summed E-state index contributed by atoms with van der Waals surface area (Å²) in [7, 11) is -2.96. The second kappa shape index (κ2) is 6.81. The van der Waals surface area contributed by atoms with Crippen LogP contribution in [0.1, 0.15) is 55.3 Å². The molecule has 1 aliphatic heterocycles. The minimum absolute atomic E-state index is 0.0635. The molecule has 0 bridgehead atoms. The van der Waals surface area contributed by atoms with Gasteiger partial charge in [-0.25, -0.2) is 8.42 Å². The van der Waals surface area contributed by atoms with Crippen molar-refractivity contribution in [3.8, 4) is 0 Å². The molecule has 0 radical (unpaired) electrons. The van der Waals surface area contributed by atoms with Crippen molar-refractivity contribution in [1.29, 1.82) is 0 Å². The van der Waals surface area contributed by atoms with Gasteiger partial charge in [0.2, 0.25) is 0 Å². The van der Waals surface area contributed by atoms with Gasteiger partial charge in [-0.3, -0.25) is 9.48 Å². The van der Waals surface area contributed by atoms with E-state index in [1.54, 1.807) is 10.7 Å². The van der Waals surface area contributed by atoms with Crippen molar-refractivity contribution < 1.29 is 13.2 Å². The molecule has 2 rings (SSSR count). The highest BCUT2D eigenvalue weighted by Crippen LogP contribution is 2.25. The Kier molecular flexibility index (Phi) is 5.26. The van der Waals surface area contributed by atoms with E-state index >= 15 is 0 Å². The summed E-state index contributed by atoms with van der Waals surface area (Å²) >= 11 is 0. The summed E-state index contributed by atoms with van der Waals surface area (Å²) < 4.78 is 25.0. The van der Waals surface area contributed by atoms with Gasteiger partial charge in [-0.05, 0) is 32.3 Å². The van der Waals surface area contributed by atoms with Crippen LogP contribution in [0, 0.1) is 6.92 Å². The zero-order valence-corrected chi connectivity index (χ0v) is 14.4. The van der Waals surface area contributed by atoms with Gasteiger partial charge < -0.3 is 4.90 Å². The lowest BCUT2D eigenvalue weighted by Crippen LogP contribution is -2.33. The largest absolute Gasteiger partial charge is 0.337 e. The molecule has 1 saturated heterocycles. The smallest absolute Gasteiger partial charge is 0.274 e. The first-order valence-corrected chi connectivity index (χ1v) is 9.76. The lowest BCUT2D eigenvalue weighted by Gasteiger charge is -2.20. The second-order valence-corrected chi connectivity index (χ2v) is 8.19. The van der Waals surface area contributed by atoms with Gasteiger partial charge in [0.25, 0.3) is 5.91 Å². The van der Waals surface area contributed by atoms with Gasteiger partial charge >= 0.3 is 0 Å². The van der Waals surface area contributed by atoms with E-state index in [9.17, 15) is 13.2 Å². The predicted molar refractivity (Wildman–Crippen MR) is 85.8 cm³/mol. The Bertz CT molecular complexity index is 630.